The van der Waals surface area contributed by atoms with Gasteiger partial charge in [0.2, 0.25) is 0 Å². The third-order valence-corrected chi connectivity index (χ3v) is 4.51. The Bertz CT molecular complexity index is 336. The summed E-state index contributed by atoms with van der Waals surface area (Å²) in [6.45, 7) is 0. The van der Waals surface area contributed by atoms with Gasteiger partial charge in [0.1, 0.15) is 0 Å². The van der Waals surface area contributed by atoms with Gasteiger partial charge in [-0.15, -0.1) is 0 Å². The molecule has 0 aromatic heterocycles. The molecule has 1 unspecified atom stereocenters. The number of nitrogens with two attached hydrogens (primary N) is 1. The highest BCUT2D eigenvalue weighted by atomic mass is 14.8. The molecular weight excluding hydrogens is 182 g/mol. The first-order valence-electron chi connectivity index (χ1n) is 6.11. The van der Waals surface area contributed by atoms with Crippen molar-refractivity contribution in [2.24, 2.45) is 11.1 Å². The van der Waals surface area contributed by atoms with Gasteiger partial charge in [-0.05, 0) is 49.0 Å². The van der Waals surface area contributed by atoms with E-state index < -0.39 is 0 Å². The molecule has 0 radical (unpaired) electrons. The van der Waals surface area contributed by atoms with E-state index in [0.717, 1.165) is 5.92 Å². The summed E-state index contributed by atoms with van der Waals surface area (Å²) in [5.74, 6) is 0.796. The van der Waals surface area contributed by atoms with Crippen molar-refractivity contribution in [3.8, 4) is 0 Å². The fourth-order valence-electron chi connectivity index (χ4n) is 3.21. The Morgan fingerprint density at radius 2 is 1.67 bits per heavy atom. The molecule has 1 atom stereocenters. The van der Waals surface area contributed by atoms with Crippen LogP contribution >= 0.6 is 0 Å². The molecule has 0 bridgehead atoms. The Kier molecular flexibility index (Phi) is 2.10. The van der Waals surface area contributed by atoms with Gasteiger partial charge in [-0.1, -0.05) is 30.3 Å². The van der Waals surface area contributed by atoms with Gasteiger partial charge in [0.25, 0.3) is 0 Å². The highest BCUT2D eigenvalue weighted by molar-refractivity contribution is 5.21. The van der Waals surface area contributed by atoms with Crippen LogP contribution in [0.25, 0.3) is 0 Å². The molecule has 1 aromatic carbocycles. The van der Waals surface area contributed by atoms with E-state index in [1.807, 2.05) is 0 Å². The third-order valence-electron chi connectivity index (χ3n) is 4.51. The summed E-state index contributed by atoms with van der Waals surface area (Å²) in [5.41, 5.74) is 8.12. The molecule has 2 N–H and O–H groups in total. The predicted molar refractivity (Wildman–Crippen MR) is 62.7 cm³/mol. The van der Waals surface area contributed by atoms with Crippen LogP contribution in [0, 0.1) is 5.41 Å². The Labute approximate surface area is 91.7 Å². The van der Waals surface area contributed by atoms with Crippen molar-refractivity contribution in [2.75, 3.05) is 0 Å². The van der Waals surface area contributed by atoms with Crippen molar-refractivity contribution < 1.29 is 0 Å². The zero-order chi connectivity index (χ0) is 10.3. The number of benzene rings is 1. The minimum Gasteiger partial charge on any atom is -0.327 e. The first-order chi connectivity index (χ1) is 7.30. The summed E-state index contributed by atoms with van der Waals surface area (Å²) >= 11 is 0. The maximum absolute atomic E-state index is 6.02. The largest absolute Gasteiger partial charge is 0.327 e. The van der Waals surface area contributed by atoms with Crippen molar-refractivity contribution in [3.63, 3.8) is 0 Å². The SMILES string of the molecule is NC1CC12CCC(c1ccccc1)CC2. The minimum absolute atomic E-state index is 0.522. The van der Waals surface area contributed by atoms with E-state index in [-0.39, 0.29) is 0 Å². The molecule has 2 saturated carbocycles. The second-order valence-electron chi connectivity index (χ2n) is 5.36. The van der Waals surface area contributed by atoms with E-state index in [9.17, 15) is 0 Å². The topological polar surface area (TPSA) is 26.0 Å². The van der Waals surface area contributed by atoms with Gasteiger partial charge < -0.3 is 5.73 Å². The van der Waals surface area contributed by atoms with Gasteiger partial charge in [-0.25, -0.2) is 0 Å². The Morgan fingerprint density at radius 1 is 1.07 bits per heavy atom. The Balaban J connectivity index is 1.68. The van der Waals surface area contributed by atoms with Crippen molar-refractivity contribution in [2.45, 2.75) is 44.1 Å². The molecule has 1 spiro atoms. The van der Waals surface area contributed by atoms with E-state index in [4.69, 9.17) is 5.73 Å². The maximum atomic E-state index is 6.02. The molecule has 1 aromatic rings. The lowest BCUT2D eigenvalue weighted by Crippen LogP contribution is -2.20. The average molecular weight is 201 g/mol. The number of hydrogen-bond acceptors (Lipinski definition) is 1. The molecule has 1 heteroatoms. The van der Waals surface area contributed by atoms with E-state index in [1.165, 1.54) is 37.7 Å². The van der Waals surface area contributed by atoms with E-state index >= 15 is 0 Å². The summed E-state index contributed by atoms with van der Waals surface area (Å²) in [6.07, 6.45) is 6.69. The van der Waals surface area contributed by atoms with Crippen LogP contribution in [0.2, 0.25) is 0 Å². The maximum Gasteiger partial charge on any atom is 0.0102 e. The molecule has 0 heterocycles. The van der Waals surface area contributed by atoms with Gasteiger partial charge in [0, 0.05) is 6.04 Å². The third kappa shape index (κ3) is 1.59. The smallest absolute Gasteiger partial charge is 0.0102 e. The first-order valence-corrected chi connectivity index (χ1v) is 6.11. The summed E-state index contributed by atoms with van der Waals surface area (Å²) in [4.78, 5) is 0. The molecule has 2 fully saturated rings. The van der Waals surface area contributed by atoms with Gasteiger partial charge in [0.05, 0.1) is 0 Å². The van der Waals surface area contributed by atoms with Crippen LogP contribution in [0.5, 0.6) is 0 Å². The van der Waals surface area contributed by atoms with Crippen LogP contribution in [-0.4, -0.2) is 6.04 Å². The fraction of sp³-hybridized carbons (Fsp3) is 0.571. The van der Waals surface area contributed by atoms with Crippen LogP contribution in [0.15, 0.2) is 30.3 Å². The van der Waals surface area contributed by atoms with Crippen LogP contribution in [0.4, 0.5) is 0 Å². The van der Waals surface area contributed by atoms with Gasteiger partial charge >= 0.3 is 0 Å². The summed E-state index contributed by atoms with van der Waals surface area (Å²) in [5, 5.41) is 0. The summed E-state index contributed by atoms with van der Waals surface area (Å²) in [7, 11) is 0. The van der Waals surface area contributed by atoms with Gasteiger partial charge in [0.15, 0.2) is 0 Å². The number of rotatable bonds is 1. The second-order valence-corrected chi connectivity index (χ2v) is 5.36. The zero-order valence-corrected chi connectivity index (χ0v) is 9.15. The molecule has 2 aliphatic carbocycles. The number of hydrogen-bond donors (Lipinski definition) is 1. The van der Waals surface area contributed by atoms with E-state index in [1.54, 1.807) is 0 Å². The molecule has 3 rings (SSSR count). The standard InChI is InChI=1S/C14H19N/c15-13-10-14(13)8-6-12(7-9-14)11-4-2-1-3-5-11/h1-5,12-13H,6-10,15H2. The molecule has 80 valence electrons. The summed E-state index contributed by atoms with van der Waals surface area (Å²) < 4.78 is 0. The van der Waals surface area contributed by atoms with Crippen LogP contribution in [-0.2, 0) is 0 Å². The van der Waals surface area contributed by atoms with Crippen LogP contribution in [0.3, 0.4) is 0 Å². The Hall–Kier alpha value is -0.820. The molecule has 0 amide bonds. The highest BCUT2D eigenvalue weighted by Gasteiger charge is 2.52. The van der Waals surface area contributed by atoms with Crippen molar-refractivity contribution in [1.82, 2.24) is 0 Å². The molecule has 0 saturated heterocycles. The average Bonchev–Trinajstić information content (AvgIpc) is 2.91. The quantitative estimate of drug-likeness (QED) is 0.742. The van der Waals surface area contributed by atoms with Gasteiger partial charge in [-0.2, -0.15) is 0 Å². The lowest BCUT2D eigenvalue weighted by Gasteiger charge is -2.29. The van der Waals surface area contributed by atoms with E-state index in [2.05, 4.69) is 30.3 Å². The van der Waals surface area contributed by atoms with Crippen LogP contribution < -0.4 is 5.73 Å². The predicted octanol–water partition coefficient (Wildman–Crippen LogP) is 3.06. The zero-order valence-electron chi connectivity index (χ0n) is 9.15. The van der Waals surface area contributed by atoms with Crippen molar-refractivity contribution >= 4 is 0 Å². The molecule has 0 aliphatic heterocycles. The van der Waals surface area contributed by atoms with Gasteiger partial charge in [-0.3, -0.25) is 0 Å². The second kappa shape index (κ2) is 3.34. The monoisotopic (exact) mass is 201 g/mol. The highest BCUT2D eigenvalue weighted by Crippen LogP contribution is 2.57. The molecule has 1 nitrogen and oxygen atoms in total. The Morgan fingerprint density at radius 3 is 2.20 bits per heavy atom. The van der Waals surface area contributed by atoms with Crippen molar-refractivity contribution in [1.29, 1.82) is 0 Å². The molecule has 15 heavy (non-hydrogen) atoms. The minimum atomic E-state index is 0.522. The van der Waals surface area contributed by atoms with E-state index in [0.29, 0.717) is 11.5 Å². The lowest BCUT2D eigenvalue weighted by atomic mass is 9.76. The lowest BCUT2D eigenvalue weighted by molar-refractivity contribution is 0.297. The normalized spacial score (nSPS) is 39.3. The van der Waals surface area contributed by atoms with Crippen LogP contribution in [0.1, 0.15) is 43.6 Å². The summed E-state index contributed by atoms with van der Waals surface area (Å²) in [6, 6.07) is 11.5. The fourth-order valence-corrected chi connectivity index (χ4v) is 3.21. The van der Waals surface area contributed by atoms with Crippen molar-refractivity contribution in [3.05, 3.63) is 35.9 Å². The molecular formula is C14H19N. The first kappa shape index (κ1) is 9.41. The molecule has 2 aliphatic rings.